The van der Waals surface area contributed by atoms with Crippen molar-refractivity contribution < 1.29 is 4.42 Å². The molecule has 0 atom stereocenters. The number of furan rings is 1. The molecule has 0 fully saturated rings. The van der Waals surface area contributed by atoms with Gasteiger partial charge in [-0.25, -0.2) is 9.97 Å². The van der Waals surface area contributed by atoms with E-state index in [4.69, 9.17) is 14.4 Å². The minimum absolute atomic E-state index is 0.117. The van der Waals surface area contributed by atoms with Gasteiger partial charge in [0.1, 0.15) is 11.2 Å². The molecule has 11 aromatic rings. The molecule has 0 amide bonds. The predicted octanol–water partition coefficient (Wildman–Crippen LogP) is 13.4. The summed E-state index contributed by atoms with van der Waals surface area (Å²) in [6.07, 6.45) is 0. The summed E-state index contributed by atoms with van der Waals surface area (Å²) in [6, 6.07) is 58.8. The molecule has 0 saturated heterocycles. The van der Waals surface area contributed by atoms with Crippen LogP contribution in [0, 0.1) is 0 Å². The molecular weight excluding hydrogens is 671 g/mol. The zero-order chi connectivity index (χ0) is 36.4. The summed E-state index contributed by atoms with van der Waals surface area (Å²) in [4.78, 5) is 10.8. The molecule has 8 aromatic carbocycles. The first-order valence-corrected chi connectivity index (χ1v) is 18.9. The molecule has 0 N–H and O–H groups in total. The molecule has 0 unspecified atom stereocenters. The van der Waals surface area contributed by atoms with E-state index in [2.05, 4.69) is 170 Å². The maximum absolute atomic E-state index is 6.17. The molecule has 55 heavy (non-hydrogen) atoms. The van der Waals surface area contributed by atoms with Crippen LogP contribution < -0.4 is 0 Å². The Kier molecular flexibility index (Phi) is 6.09. The summed E-state index contributed by atoms with van der Waals surface area (Å²) in [5, 5.41) is 8.05. The van der Waals surface area contributed by atoms with Crippen LogP contribution in [0.25, 0.3) is 105 Å². The number of para-hydroxylation sites is 2. The van der Waals surface area contributed by atoms with Crippen molar-refractivity contribution in [1.82, 2.24) is 14.5 Å². The predicted molar refractivity (Wildman–Crippen MR) is 227 cm³/mol. The van der Waals surface area contributed by atoms with Crippen molar-refractivity contribution in [3.63, 3.8) is 0 Å². The smallest absolute Gasteiger partial charge is 0.235 e. The maximum atomic E-state index is 6.17. The van der Waals surface area contributed by atoms with Gasteiger partial charge in [0.2, 0.25) is 5.95 Å². The van der Waals surface area contributed by atoms with Gasteiger partial charge in [0.15, 0.2) is 0 Å². The van der Waals surface area contributed by atoms with E-state index in [1.807, 2.05) is 12.1 Å². The van der Waals surface area contributed by atoms with Gasteiger partial charge in [-0.3, -0.25) is 4.57 Å². The Balaban J connectivity index is 1.10. The summed E-state index contributed by atoms with van der Waals surface area (Å²) in [5.41, 5.74) is 14.4. The Hall–Kier alpha value is -7.04. The molecular formula is C51H33N3O. The minimum Gasteiger partial charge on any atom is -0.456 e. The molecule has 3 heterocycles. The van der Waals surface area contributed by atoms with Crippen molar-refractivity contribution in [3.8, 4) is 39.5 Å². The van der Waals surface area contributed by atoms with Crippen LogP contribution >= 0.6 is 0 Å². The van der Waals surface area contributed by atoms with Gasteiger partial charge < -0.3 is 4.42 Å². The first kappa shape index (κ1) is 30.4. The van der Waals surface area contributed by atoms with Gasteiger partial charge in [0.25, 0.3) is 0 Å². The van der Waals surface area contributed by atoms with Gasteiger partial charge in [-0.05, 0) is 92.7 Å². The summed E-state index contributed by atoms with van der Waals surface area (Å²) < 4.78 is 8.43. The van der Waals surface area contributed by atoms with Crippen LogP contribution in [0.4, 0.5) is 0 Å². The highest BCUT2D eigenvalue weighted by molar-refractivity contribution is 6.22. The number of fused-ring (bicyclic) bond motifs is 12. The molecule has 0 radical (unpaired) electrons. The molecule has 0 bridgehead atoms. The first-order valence-electron chi connectivity index (χ1n) is 18.9. The van der Waals surface area contributed by atoms with Crippen LogP contribution in [0.15, 0.2) is 168 Å². The van der Waals surface area contributed by atoms with E-state index in [0.717, 1.165) is 71.6 Å². The molecule has 0 aliphatic heterocycles. The van der Waals surface area contributed by atoms with E-state index in [-0.39, 0.29) is 5.41 Å². The number of rotatable bonds is 3. The maximum Gasteiger partial charge on any atom is 0.235 e. The monoisotopic (exact) mass is 703 g/mol. The largest absolute Gasteiger partial charge is 0.456 e. The molecule has 12 rings (SSSR count). The number of hydrogen-bond acceptors (Lipinski definition) is 3. The van der Waals surface area contributed by atoms with Crippen molar-refractivity contribution in [2.24, 2.45) is 0 Å². The summed E-state index contributed by atoms with van der Waals surface area (Å²) in [7, 11) is 0. The second kappa shape index (κ2) is 11.0. The van der Waals surface area contributed by atoms with E-state index in [0.29, 0.717) is 5.95 Å². The fourth-order valence-electron chi connectivity index (χ4n) is 9.33. The third-order valence-electron chi connectivity index (χ3n) is 12.0. The zero-order valence-corrected chi connectivity index (χ0v) is 30.3. The van der Waals surface area contributed by atoms with Gasteiger partial charge in [-0.15, -0.1) is 0 Å². The fourth-order valence-corrected chi connectivity index (χ4v) is 9.33. The third kappa shape index (κ3) is 4.28. The summed E-state index contributed by atoms with van der Waals surface area (Å²) in [5.74, 6) is 0.658. The molecule has 258 valence electrons. The first-order chi connectivity index (χ1) is 27.0. The van der Waals surface area contributed by atoms with Gasteiger partial charge >= 0.3 is 0 Å². The Bertz CT molecular complexity index is 3420. The lowest BCUT2D eigenvalue weighted by Crippen LogP contribution is -2.15. The van der Waals surface area contributed by atoms with E-state index < -0.39 is 0 Å². The van der Waals surface area contributed by atoms with Crippen LogP contribution in [-0.4, -0.2) is 14.5 Å². The molecule has 1 aliphatic carbocycles. The lowest BCUT2D eigenvalue weighted by molar-refractivity contribution is 0.660. The zero-order valence-electron chi connectivity index (χ0n) is 30.3. The van der Waals surface area contributed by atoms with Crippen molar-refractivity contribution >= 4 is 65.4 Å². The molecule has 0 spiro atoms. The van der Waals surface area contributed by atoms with Crippen molar-refractivity contribution in [1.29, 1.82) is 0 Å². The molecule has 3 aromatic heterocycles. The molecule has 4 nitrogen and oxygen atoms in total. The van der Waals surface area contributed by atoms with Gasteiger partial charge in [0.05, 0.1) is 22.2 Å². The highest BCUT2D eigenvalue weighted by Crippen LogP contribution is 2.50. The van der Waals surface area contributed by atoms with E-state index in [1.54, 1.807) is 0 Å². The number of hydrogen-bond donors (Lipinski definition) is 0. The Morgan fingerprint density at radius 2 is 1.15 bits per heavy atom. The number of nitrogens with zero attached hydrogens (tertiary/aromatic N) is 3. The lowest BCUT2D eigenvalue weighted by Gasteiger charge is -2.22. The van der Waals surface area contributed by atoms with Crippen LogP contribution in [0.5, 0.6) is 0 Å². The average Bonchev–Trinajstić information content (AvgIpc) is 3.85. The average molecular weight is 704 g/mol. The topological polar surface area (TPSA) is 43.9 Å². The van der Waals surface area contributed by atoms with Gasteiger partial charge in [0, 0.05) is 37.9 Å². The van der Waals surface area contributed by atoms with Crippen LogP contribution in [0.2, 0.25) is 0 Å². The third-order valence-corrected chi connectivity index (χ3v) is 12.0. The molecule has 4 heteroatoms. The van der Waals surface area contributed by atoms with E-state index in [9.17, 15) is 0 Å². The highest BCUT2D eigenvalue weighted by Gasteiger charge is 2.35. The van der Waals surface area contributed by atoms with Crippen molar-refractivity contribution in [2.75, 3.05) is 0 Å². The van der Waals surface area contributed by atoms with Crippen LogP contribution in [0.1, 0.15) is 25.0 Å². The number of aromatic nitrogens is 3. The number of benzene rings is 8. The van der Waals surface area contributed by atoms with E-state index >= 15 is 0 Å². The van der Waals surface area contributed by atoms with E-state index in [1.165, 1.54) is 38.4 Å². The second-order valence-corrected chi connectivity index (χ2v) is 15.4. The Labute approximate surface area is 316 Å². The quantitative estimate of drug-likeness (QED) is 0.184. The van der Waals surface area contributed by atoms with Gasteiger partial charge in [-0.2, -0.15) is 0 Å². The minimum atomic E-state index is -0.117. The van der Waals surface area contributed by atoms with Gasteiger partial charge in [-0.1, -0.05) is 129 Å². The summed E-state index contributed by atoms with van der Waals surface area (Å²) >= 11 is 0. The second-order valence-electron chi connectivity index (χ2n) is 15.4. The molecule has 0 saturated carbocycles. The summed E-state index contributed by atoms with van der Waals surface area (Å²) in [6.45, 7) is 4.66. The van der Waals surface area contributed by atoms with Crippen LogP contribution in [0.3, 0.4) is 0 Å². The highest BCUT2D eigenvalue weighted by atomic mass is 16.3. The fraction of sp³-hybridized carbons (Fsp3) is 0.0588. The Morgan fingerprint density at radius 3 is 2.05 bits per heavy atom. The molecule has 1 aliphatic rings. The van der Waals surface area contributed by atoms with Crippen LogP contribution in [-0.2, 0) is 5.41 Å². The Morgan fingerprint density at radius 1 is 0.473 bits per heavy atom. The standard InChI is InChI=1S/C51H33N3O/c1-51(2)41-16-8-5-13-35(41)36-23-19-33(29-42(36)51)49-38-15-6-9-17-43(38)52-50(53-49)54-44-24-21-31(28-40(44)48-34-12-4-3-11-30(34)20-25-45(48)54)32-22-26-47-39(27-32)37-14-7-10-18-46(37)55-47/h3-29H,1-2H3. The van der Waals surface area contributed by atoms with Crippen molar-refractivity contribution in [3.05, 3.63) is 175 Å². The normalized spacial score (nSPS) is 13.4. The SMILES string of the molecule is CC1(C)c2ccccc2-c2ccc(-c3nc(-n4c5ccc(-c6ccc7oc8ccccc8c7c6)cc5c5c6ccccc6ccc54)nc4ccccc34)cc21. The lowest BCUT2D eigenvalue weighted by atomic mass is 9.82. The van der Waals surface area contributed by atoms with Crippen molar-refractivity contribution in [2.45, 2.75) is 19.3 Å².